The molecule has 0 fully saturated rings. The monoisotopic (exact) mass is 289 g/mol. The molecule has 0 aromatic carbocycles. The van der Waals surface area contributed by atoms with Gasteiger partial charge in [-0.15, -0.1) is 0 Å². The minimum Gasteiger partial charge on any atom is -0.491 e. The van der Waals surface area contributed by atoms with Crippen molar-refractivity contribution in [1.29, 1.82) is 0 Å². The second-order valence-electron chi connectivity index (χ2n) is 7.53. The lowest BCUT2D eigenvalue weighted by Crippen LogP contribution is -2.38. The van der Waals surface area contributed by atoms with Gasteiger partial charge in [0.15, 0.2) is 0 Å². The Morgan fingerprint density at radius 3 is 2.43 bits per heavy atom. The fourth-order valence-corrected chi connectivity index (χ4v) is 2.01. The van der Waals surface area contributed by atoms with Crippen molar-refractivity contribution in [3.63, 3.8) is 0 Å². The summed E-state index contributed by atoms with van der Waals surface area (Å²) in [5.74, 6) is 0.871. The lowest BCUT2D eigenvalue weighted by molar-refractivity contribution is 0.290. The first-order valence-corrected chi connectivity index (χ1v) is 7.52. The summed E-state index contributed by atoms with van der Waals surface area (Å²) in [7, 11) is 0. The molecular weight excluding hydrogens is 262 g/mol. The Morgan fingerprint density at radius 2 is 1.81 bits per heavy atom. The standard InChI is InChI=1S/C17H27N3O/c1-16(2,3)14-12-20-11-13(7-8-15(20)19-14)21-10-9-18-17(4,5)6/h7-8,11-12,18H,9-10H2,1-6H3. The third kappa shape index (κ3) is 4.46. The molecule has 2 rings (SSSR count). The highest BCUT2D eigenvalue weighted by molar-refractivity contribution is 5.44. The third-order valence-corrected chi connectivity index (χ3v) is 3.22. The summed E-state index contributed by atoms with van der Waals surface area (Å²) in [6.07, 6.45) is 4.07. The van der Waals surface area contributed by atoms with Crippen LogP contribution in [0, 0.1) is 0 Å². The van der Waals surface area contributed by atoms with Gasteiger partial charge in [-0.3, -0.25) is 0 Å². The van der Waals surface area contributed by atoms with Gasteiger partial charge in [-0.2, -0.15) is 0 Å². The number of hydrogen-bond donors (Lipinski definition) is 1. The largest absolute Gasteiger partial charge is 0.491 e. The van der Waals surface area contributed by atoms with Gasteiger partial charge >= 0.3 is 0 Å². The molecule has 0 aliphatic rings. The minimum absolute atomic E-state index is 0.0592. The van der Waals surface area contributed by atoms with Gasteiger partial charge in [-0.25, -0.2) is 4.98 Å². The van der Waals surface area contributed by atoms with Crippen LogP contribution in [0.5, 0.6) is 5.75 Å². The van der Waals surface area contributed by atoms with Gasteiger partial charge in [0.05, 0.1) is 11.9 Å². The van der Waals surface area contributed by atoms with Crippen molar-refractivity contribution in [1.82, 2.24) is 14.7 Å². The first-order chi connectivity index (χ1) is 9.65. The van der Waals surface area contributed by atoms with E-state index in [4.69, 9.17) is 4.74 Å². The normalized spacial score (nSPS) is 12.9. The van der Waals surface area contributed by atoms with Crippen molar-refractivity contribution in [3.8, 4) is 5.75 Å². The van der Waals surface area contributed by atoms with Gasteiger partial charge in [-0.05, 0) is 32.9 Å². The van der Waals surface area contributed by atoms with E-state index in [9.17, 15) is 0 Å². The predicted molar refractivity (Wildman–Crippen MR) is 87.1 cm³/mol. The number of nitrogens with one attached hydrogen (secondary N) is 1. The molecule has 0 spiro atoms. The first kappa shape index (κ1) is 15.8. The van der Waals surface area contributed by atoms with Gasteiger partial charge in [0.2, 0.25) is 0 Å². The summed E-state index contributed by atoms with van der Waals surface area (Å²) < 4.78 is 7.83. The van der Waals surface area contributed by atoms with Crippen molar-refractivity contribution < 1.29 is 4.74 Å². The maximum atomic E-state index is 5.79. The van der Waals surface area contributed by atoms with Crippen LogP contribution < -0.4 is 10.1 Å². The highest BCUT2D eigenvalue weighted by atomic mass is 16.5. The molecule has 0 amide bonds. The van der Waals surface area contributed by atoms with Crippen molar-refractivity contribution in [3.05, 3.63) is 30.2 Å². The van der Waals surface area contributed by atoms with Crippen molar-refractivity contribution in [2.75, 3.05) is 13.2 Å². The molecule has 0 bridgehead atoms. The number of pyridine rings is 1. The predicted octanol–water partition coefficient (Wildman–Crippen LogP) is 3.40. The number of aromatic nitrogens is 2. The quantitative estimate of drug-likeness (QED) is 0.877. The van der Waals surface area contributed by atoms with Crippen molar-refractivity contribution in [2.45, 2.75) is 52.5 Å². The number of fused-ring (bicyclic) bond motifs is 1. The molecule has 0 unspecified atom stereocenters. The Balaban J connectivity index is 2.02. The van der Waals surface area contributed by atoms with Crippen LogP contribution in [-0.2, 0) is 5.41 Å². The van der Waals surface area contributed by atoms with Crippen LogP contribution >= 0.6 is 0 Å². The zero-order chi connectivity index (χ0) is 15.7. The lowest BCUT2D eigenvalue weighted by Gasteiger charge is -2.20. The smallest absolute Gasteiger partial charge is 0.137 e. The molecule has 0 radical (unpaired) electrons. The van der Waals surface area contributed by atoms with Gasteiger partial charge < -0.3 is 14.5 Å². The molecule has 4 heteroatoms. The Hall–Kier alpha value is -1.55. The average Bonchev–Trinajstić information content (AvgIpc) is 2.76. The molecule has 0 saturated carbocycles. The van der Waals surface area contributed by atoms with Gasteiger partial charge in [0.1, 0.15) is 18.0 Å². The average molecular weight is 289 g/mol. The summed E-state index contributed by atoms with van der Waals surface area (Å²) in [5.41, 5.74) is 2.23. The molecule has 2 aromatic heterocycles. The fraction of sp³-hybridized carbons (Fsp3) is 0.588. The number of nitrogens with zero attached hydrogens (tertiary/aromatic N) is 2. The van der Waals surface area contributed by atoms with E-state index in [2.05, 4.69) is 58.0 Å². The molecule has 21 heavy (non-hydrogen) atoms. The summed E-state index contributed by atoms with van der Waals surface area (Å²) in [6, 6.07) is 3.98. The molecule has 1 N–H and O–H groups in total. The highest BCUT2D eigenvalue weighted by Gasteiger charge is 2.17. The van der Waals surface area contributed by atoms with Crippen molar-refractivity contribution in [2.24, 2.45) is 0 Å². The number of hydrogen-bond acceptors (Lipinski definition) is 3. The summed E-state index contributed by atoms with van der Waals surface area (Å²) in [4.78, 5) is 4.65. The molecular formula is C17H27N3O. The van der Waals surface area contributed by atoms with Gasteiger partial charge in [-0.1, -0.05) is 20.8 Å². The second-order valence-corrected chi connectivity index (χ2v) is 7.53. The fourth-order valence-electron chi connectivity index (χ4n) is 2.01. The van der Waals surface area contributed by atoms with E-state index in [0.717, 1.165) is 23.6 Å². The number of ether oxygens (including phenoxy) is 1. The van der Waals surface area contributed by atoms with E-state index in [1.165, 1.54) is 0 Å². The summed E-state index contributed by atoms with van der Waals surface area (Å²) in [5, 5.41) is 3.41. The van der Waals surface area contributed by atoms with E-state index in [1.807, 2.05) is 22.7 Å². The van der Waals surface area contributed by atoms with Crippen LogP contribution in [0.25, 0.3) is 5.65 Å². The molecule has 0 aliphatic heterocycles. The maximum Gasteiger partial charge on any atom is 0.137 e. The van der Waals surface area contributed by atoms with E-state index in [1.54, 1.807) is 0 Å². The highest BCUT2D eigenvalue weighted by Crippen LogP contribution is 2.22. The Kier molecular flexibility index (Phi) is 4.28. The third-order valence-electron chi connectivity index (χ3n) is 3.22. The van der Waals surface area contributed by atoms with Crippen LogP contribution in [0.3, 0.4) is 0 Å². The zero-order valence-corrected chi connectivity index (χ0v) is 14.0. The molecule has 0 aliphatic carbocycles. The van der Waals surface area contributed by atoms with Crippen LogP contribution in [-0.4, -0.2) is 28.1 Å². The van der Waals surface area contributed by atoms with Crippen molar-refractivity contribution >= 4 is 5.65 Å². The van der Waals surface area contributed by atoms with Gasteiger partial charge in [0.25, 0.3) is 0 Å². The van der Waals surface area contributed by atoms with Crippen LogP contribution in [0.4, 0.5) is 0 Å². The minimum atomic E-state index is 0.0592. The van der Waals surface area contributed by atoms with Crippen LogP contribution in [0.1, 0.15) is 47.2 Å². The molecule has 4 nitrogen and oxygen atoms in total. The summed E-state index contributed by atoms with van der Waals surface area (Å²) in [6.45, 7) is 14.5. The number of rotatable bonds is 4. The van der Waals surface area contributed by atoms with Crippen LogP contribution in [0.2, 0.25) is 0 Å². The summed E-state index contributed by atoms with van der Waals surface area (Å²) >= 11 is 0. The Morgan fingerprint density at radius 1 is 1.10 bits per heavy atom. The van der Waals surface area contributed by atoms with Crippen LogP contribution in [0.15, 0.2) is 24.5 Å². The second kappa shape index (κ2) is 5.68. The maximum absolute atomic E-state index is 5.79. The number of imidazole rings is 1. The van der Waals surface area contributed by atoms with E-state index in [0.29, 0.717) is 6.61 Å². The topological polar surface area (TPSA) is 38.6 Å². The zero-order valence-electron chi connectivity index (χ0n) is 14.0. The Labute approximate surface area is 127 Å². The van der Waals surface area contributed by atoms with E-state index in [-0.39, 0.29) is 11.0 Å². The molecule has 0 atom stereocenters. The molecule has 2 aromatic rings. The van der Waals surface area contributed by atoms with E-state index < -0.39 is 0 Å². The lowest BCUT2D eigenvalue weighted by atomic mass is 9.93. The SMILES string of the molecule is CC(C)(C)NCCOc1ccc2nc(C(C)(C)C)cn2c1. The Bertz CT molecular complexity index is 603. The van der Waals surface area contributed by atoms with E-state index >= 15 is 0 Å². The molecule has 2 heterocycles. The molecule has 116 valence electrons. The van der Waals surface area contributed by atoms with Gasteiger partial charge in [0, 0.05) is 23.7 Å². The first-order valence-electron chi connectivity index (χ1n) is 7.52. The molecule has 0 saturated heterocycles.